The lowest BCUT2D eigenvalue weighted by Crippen LogP contribution is -2.36. The highest BCUT2D eigenvalue weighted by molar-refractivity contribution is 5.58. The number of nitrogens with zero attached hydrogens (tertiary/aromatic N) is 2. The summed E-state index contributed by atoms with van der Waals surface area (Å²) in [5.41, 5.74) is 1.39. The molecule has 0 saturated heterocycles. The van der Waals surface area contributed by atoms with E-state index in [2.05, 4.69) is 23.5 Å². The van der Waals surface area contributed by atoms with Crippen LogP contribution >= 0.6 is 0 Å². The predicted molar refractivity (Wildman–Crippen MR) is 46.8 cm³/mol. The fraction of sp³-hybridized carbons (Fsp3) is 0.667. The molecule has 1 heterocycles. The molecule has 11 heavy (non-hydrogen) atoms. The second kappa shape index (κ2) is 2.36. The van der Waals surface area contributed by atoms with E-state index >= 15 is 0 Å². The number of likely N-dealkylation sites (N-methyl/N-ethyl adjacent to an activating group) is 1. The van der Waals surface area contributed by atoms with Gasteiger partial charge in [-0.2, -0.15) is 0 Å². The molecule has 2 rings (SSSR count). The van der Waals surface area contributed by atoms with E-state index in [0.29, 0.717) is 12.1 Å². The standard InChI is InChI=1S/C9H14N2/c1-7-3-4-8-9(5-7)11(2)6-10-8/h6,8-9H,1,3-5H2,2H3. The van der Waals surface area contributed by atoms with Gasteiger partial charge in [0.2, 0.25) is 0 Å². The van der Waals surface area contributed by atoms with Crippen molar-refractivity contribution in [2.75, 3.05) is 7.05 Å². The van der Waals surface area contributed by atoms with E-state index in [1.54, 1.807) is 0 Å². The van der Waals surface area contributed by atoms with Crippen molar-refractivity contribution in [2.45, 2.75) is 31.3 Å². The molecule has 1 aliphatic heterocycles. The van der Waals surface area contributed by atoms with E-state index < -0.39 is 0 Å². The second-order valence-corrected chi connectivity index (χ2v) is 3.56. The molecule has 1 saturated carbocycles. The first-order valence-electron chi connectivity index (χ1n) is 4.19. The molecule has 2 heteroatoms. The maximum absolute atomic E-state index is 4.43. The minimum atomic E-state index is 0.561. The van der Waals surface area contributed by atoms with Gasteiger partial charge >= 0.3 is 0 Å². The van der Waals surface area contributed by atoms with Gasteiger partial charge in [-0.15, -0.1) is 0 Å². The van der Waals surface area contributed by atoms with Crippen LogP contribution in [0.2, 0.25) is 0 Å². The van der Waals surface area contributed by atoms with Crippen LogP contribution in [0.4, 0.5) is 0 Å². The third-order valence-corrected chi connectivity index (χ3v) is 2.70. The molecule has 0 radical (unpaired) electrons. The highest BCUT2D eigenvalue weighted by Crippen LogP contribution is 2.29. The highest BCUT2D eigenvalue weighted by Gasteiger charge is 2.31. The average Bonchev–Trinajstić information content (AvgIpc) is 2.33. The van der Waals surface area contributed by atoms with Crippen LogP contribution in [0.1, 0.15) is 19.3 Å². The van der Waals surface area contributed by atoms with Crippen molar-refractivity contribution in [2.24, 2.45) is 4.99 Å². The van der Waals surface area contributed by atoms with E-state index in [1.165, 1.54) is 18.4 Å². The van der Waals surface area contributed by atoms with Gasteiger partial charge < -0.3 is 4.90 Å². The SMILES string of the molecule is C=C1CCC2N=CN(C)C2C1. The molecule has 0 bridgehead atoms. The van der Waals surface area contributed by atoms with Gasteiger partial charge in [0, 0.05) is 7.05 Å². The van der Waals surface area contributed by atoms with Crippen LogP contribution in [0.5, 0.6) is 0 Å². The Morgan fingerprint density at radius 3 is 3.36 bits per heavy atom. The van der Waals surface area contributed by atoms with Crippen molar-refractivity contribution in [1.29, 1.82) is 0 Å². The fourth-order valence-corrected chi connectivity index (χ4v) is 1.94. The van der Waals surface area contributed by atoms with Gasteiger partial charge in [0.25, 0.3) is 0 Å². The summed E-state index contributed by atoms with van der Waals surface area (Å²) in [4.78, 5) is 6.65. The Labute approximate surface area is 67.6 Å². The quantitative estimate of drug-likeness (QED) is 0.477. The van der Waals surface area contributed by atoms with Crippen LogP contribution in [0, 0.1) is 0 Å². The lowest BCUT2D eigenvalue weighted by Gasteiger charge is -2.29. The molecule has 0 aromatic rings. The molecular formula is C9H14N2. The van der Waals surface area contributed by atoms with Crippen LogP contribution in [-0.4, -0.2) is 30.4 Å². The van der Waals surface area contributed by atoms with Crippen LogP contribution in [-0.2, 0) is 0 Å². The lowest BCUT2D eigenvalue weighted by molar-refractivity contribution is 0.316. The summed E-state index contributed by atoms with van der Waals surface area (Å²) in [5, 5.41) is 0. The van der Waals surface area contributed by atoms with E-state index in [9.17, 15) is 0 Å². The summed E-state index contributed by atoms with van der Waals surface area (Å²) >= 11 is 0. The minimum absolute atomic E-state index is 0.561. The summed E-state index contributed by atoms with van der Waals surface area (Å²) in [5.74, 6) is 0. The summed E-state index contributed by atoms with van der Waals surface area (Å²) in [6.07, 6.45) is 5.48. The molecule has 60 valence electrons. The van der Waals surface area contributed by atoms with E-state index in [0.717, 1.165) is 6.42 Å². The third-order valence-electron chi connectivity index (χ3n) is 2.70. The Kier molecular flexibility index (Phi) is 1.48. The first-order valence-corrected chi connectivity index (χ1v) is 4.19. The van der Waals surface area contributed by atoms with E-state index in [-0.39, 0.29) is 0 Å². The van der Waals surface area contributed by atoms with Crippen molar-refractivity contribution >= 4 is 6.34 Å². The summed E-state index contributed by atoms with van der Waals surface area (Å²) in [6, 6.07) is 1.18. The van der Waals surface area contributed by atoms with Gasteiger partial charge in [0.05, 0.1) is 18.4 Å². The maximum Gasteiger partial charge on any atom is 0.0854 e. The average molecular weight is 150 g/mol. The number of rotatable bonds is 0. The second-order valence-electron chi connectivity index (χ2n) is 3.56. The van der Waals surface area contributed by atoms with Gasteiger partial charge in [-0.25, -0.2) is 0 Å². The zero-order valence-electron chi connectivity index (χ0n) is 6.95. The normalized spacial score (nSPS) is 36.1. The van der Waals surface area contributed by atoms with E-state index in [4.69, 9.17) is 0 Å². The molecule has 2 atom stereocenters. The number of hydrogen-bond donors (Lipinski definition) is 0. The summed E-state index contributed by atoms with van der Waals surface area (Å²) in [7, 11) is 2.10. The first kappa shape index (κ1) is 6.89. The van der Waals surface area contributed by atoms with Crippen molar-refractivity contribution in [3.05, 3.63) is 12.2 Å². The minimum Gasteiger partial charge on any atom is -0.361 e. The molecule has 0 amide bonds. The van der Waals surface area contributed by atoms with Crippen molar-refractivity contribution in [3.8, 4) is 0 Å². The molecule has 2 aliphatic rings. The van der Waals surface area contributed by atoms with Crippen LogP contribution in [0.25, 0.3) is 0 Å². The van der Waals surface area contributed by atoms with Gasteiger partial charge in [-0.1, -0.05) is 12.2 Å². The molecule has 0 spiro atoms. The van der Waals surface area contributed by atoms with Gasteiger partial charge in [-0.05, 0) is 19.3 Å². The molecule has 1 fully saturated rings. The van der Waals surface area contributed by atoms with E-state index in [1.807, 2.05) is 6.34 Å². The summed E-state index contributed by atoms with van der Waals surface area (Å²) in [6.45, 7) is 4.03. The van der Waals surface area contributed by atoms with Gasteiger partial charge in [0.1, 0.15) is 0 Å². The molecule has 1 aliphatic carbocycles. The largest absolute Gasteiger partial charge is 0.361 e. The Morgan fingerprint density at radius 2 is 2.55 bits per heavy atom. The number of hydrogen-bond acceptors (Lipinski definition) is 2. The monoisotopic (exact) mass is 150 g/mol. The van der Waals surface area contributed by atoms with Crippen molar-refractivity contribution in [1.82, 2.24) is 4.90 Å². The lowest BCUT2D eigenvalue weighted by atomic mass is 9.88. The third kappa shape index (κ3) is 1.06. The zero-order valence-corrected chi connectivity index (χ0v) is 6.95. The molecule has 0 aromatic carbocycles. The van der Waals surface area contributed by atoms with Gasteiger partial charge in [-0.3, -0.25) is 4.99 Å². The maximum atomic E-state index is 4.43. The van der Waals surface area contributed by atoms with Crippen LogP contribution in [0.15, 0.2) is 17.1 Å². The van der Waals surface area contributed by atoms with Gasteiger partial charge in [0.15, 0.2) is 0 Å². The Morgan fingerprint density at radius 1 is 1.73 bits per heavy atom. The molecule has 2 nitrogen and oxygen atoms in total. The molecular weight excluding hydrogens is 136 g/mol. The number of fused-ring (bicyclic) bond motifs is 1. The van der Waals surface area contributed by atoms with Crippen LogP contribution in [0.3, 0.4) is 0 Å². The molecule has 2 unspecified atom stereocenters. The topological polar surface area (TPSA) is 15.6 Å². The highest BCUT2D eigenvalue weighted by atomic mass is 15.2. The van der Waals surface area contributed by atoms with Crippen molar-refractivity contribution < 1.29 is 0 Å². The Balaban J connectivity index is 2.11. The zero-order chi connectivity index (χ0) is 7.84. The first-order chi connectivity index (χ1) is 5.27. The Bertz CT molecular complexity index is 208. The van der Waals surface area contributed by atoms with Crippen molar-refractivity contribution in [3.63, 3.8) is 0 Å². The van der Waals surface area contributed by atoms with Crippen LogP contribution < -0.4 is 0 Å². The summed E-state index contributed by atoms with van der Waals surface area (Å²) < 4.78 is 0. The molecule has 0 aromatic heterocycles. The molecule has 0 N–H and O–H groups in total. The smallest absolute Gasteiger partial charge is 0.0854 e. The Hall–Kier alpha value is -0.790. The fourth-order valence-electron chi connectivity index (χ4n) is 1.94. The predicted octanol–water partition coefficient (Wildman–Crippen LogP) is 1.44. The number of aliphatic imine (C=N–C) groups is 1.